The minimum atomic E-state index is -0.924. The molecule has 4 rings (SSSR count). The summed E-state index contributed by atoms with van der Waals surface area (Å²) in [7, 11) is 3.02. The van der Waals surface area contributed by atoms with E-state index >= 15 is 0 Å². The average Bonchev–Trinajstić information content (AvgIpc) is 3.16. The van der Waals surface area contributed by atoms with E-state index in [1.165, 1.54) is 19.1 Å². The van der Waals surface area contributed by atoms with Gasteiger partial charge in [-0.1, -0.05) is 18.7 Å². The molecule has 1 amide bonds. The SMILES string of the molecule is C=CCOc1ccc(/C(O)=C2\C(=O)C(=O)N(Cc3cccnc3)[C@H]2c2cc(OC)ccc2OC)cc1. The molecule has 1 aromatic heterocycles. The van der Waals surface area contributed by atoms with Crippen LogP contribution in [-0.2, 0) is 16.1 Å². The summed E-state index contributed by atoms with van der Waals surface area (Å²) in [4.78, 5) is 32.1. The summed E-state index contributed by atoms with van der Waals surface area (Å²) in [5.74, 6) is -0.291. The Morgan fingerprint density at radius 2 is 1.83 bits per heavy atom. The maximum absolute atomic E-state index is 13.3. The number of aliphatic hydroxyl groups is 1. The number of carbonyl (C=O) groups is 2. The van der Waals surface area contributed by atoms with Gasteiger partial charge in [0, 0.05) is 30.1 Å². The number of hydrogen-bond donors (Lipinski definition) is 1. The number of hydrogen-bond acceptors (Lipinski definition) is 7. The number of aliphatic hydroxyl groups excluding tert-OH is 1. The van der Waals surface area contributed by atoms with Gasteiger partial charge in [-0.3, -0.25) is 14.6 Å². The second kappa shape index (κ2) is 10.8. The van der Waals surface area contributed by atoms with Crippen LogP contribution < -0.4 is 14.2 Å². The van der Waals surface area contributed by atoms with Crippen molar-refractivity contribution in [3.63, 3.8) is 0 Å². The Morgan fingerprint density at radius 1 is 1.08 bits per heavy atom. The van der Waals surface area contributed by atoms with Crippen LogP contribution in [0.4, 0.5) is 0 Å². The maximum Gasteiger partial charge on any atom is 0.295 e. The van der Waals surface area contributed by atoms with E-state index < -0.39 is 17.7 Å². The standard InChI is InChI=1S/C28H26N2O6/c1-4-14-36-20-9-7-19(8-10-20)26(31)24-25(22-15-21(34-2)11-12-23(22)35-3)30(28(33)27(24)32)17-18-6-5-13-29-16-18/h4-13,15-16,25,31H,1,14,17H2,2-3H3/b26-24+/t25-/m0/s1. The van der Waals surface area contributed by atoms with E-state index in [0.29, 0.717) is 35.0 Å². The smallest absolute Gasteiger partial charge is 0.295 e. The minimum absolute atomic E-state index is 0.0461. The first-order valence-electron chi connectivity index (χ1n) is 11.2. The lowest BCUT2D eigenvalue weighted by Crippen LogP contribution is -2.29. The Kier molecular flexibility index (Phi) is 7.34. The topological polar surface area (TPSA) is 98.2 Å². The predicted molar refractivity (Wildman–Crippen MR) is 134 cm³/mol. The molecule has 0 spiro atoms. The largest absolute Gasteiger partial charge is 0.507 e. The highest BCUT2D eigenvalue weighted by Crippen LogP contribution is 2.44. The molecule has 0 saturated carbocycles. The molecule has 1 N–H and O–H groups in total. The summed E-state index contributed by atoms with van der Waals surface area (Å²) >= 11 is 0. The van der Waals surface area contributed by atoms with Gasteiger partial charge in [-0.15, -0.1) is 0 Å². The van der Waals surface area contributed by atoms with Gasteiger partial charge in [-0.25, -0.2) is 0 Å². The molecule has 3 aromatic rings. The molecule has 8 heteroatoms. The number of likely N-dealkylation sites (tertiary alicyclic amines) is 1. The average molecular weight is 487 g/mol. The van der Waals surface area contributed by atoms with Gasteiger partial charge in [-0.05, 0) is 54.1 Å². The molecule has 1 atom stereocenters. The van der Waals surface area contributed by atoms with Crippen molar-refractivity contribution in [3.05, 3.63) is 102 Å². The summed E-state index contributed by atoms with van der Waals surface area (Å²) in [5.41, 5.74) is 1.56. The van der Waals surface area contributed by atoms with Crippen molar-refractivity contribution in [1.82, 2.24) is 9.88 Å². The van der Waals surface area contributed by atoms with Crippen LogP contribution in [0.5, 0.6) is 17.2 Å². The van der Waals surface area contributed by atoms with Crippen LogP contribution in [0.2, 0.25) is 0 Å². The summed E-state index contributed by atoms with van der Waals surface area (Å²) in [6.45, 7) is 4.06. The van der Waals surface area contributed by atoms with Gasteiger partial charge >= 0.3 is 0 Å². The first-order chi connectivity index (χ1) is 17.5. The third-order valence-electron chi connectivity index (χ3n) is 5.84. The highest BCUT2D eigenvalue weighted by atomic mass is 16.5. The van der Waals surface area contributed by atoms with Crippen molar-refractivity contribution in [1.29, 1.82) is 0 Å². The van der Waals surface area contributed by atoms with Crippen LogP contribution in [0, 0.1) is 0 Å². The number of methoxy groups -OCH3 is 2. The van der Waals surface area contributed by atoms with Crippen LogP contribution in [0.1, 0.15) is 22.7 Å². The van der Waals surface area contributed by atoms with E-state index in [-0.39, 0.29) is 17.9 Å². The van der Waals surface area contributed by atoms with E-state index in [1.807, 2.05) is 6.07 Å². The van der Waals surface area contributed by atoms with Crippen molar-refractivity contribution in [2.45, 2.75) is 12.6 Å². The number of benzene rings is 2. The lowest BCUT2D eigenvalue weighted by Gasteiger charge is -2.27. The highest BCUT2D eigenvalue weighted by Gasteiger charge is 2.47. The third-order valence-corrected chi connectivity index (χ3v) is 5.84. The molecule has 0 unspecified atom stereocenters. The Hall–Kier alpha value is -4.59. The van der Waals surface area contributed by atoms with Crippen molar-refractivity contribution >= 4 is 17.4 Å². The van der Waals surface area contributed by atoms with Crippen LogP contribution in [0.25, 0.3) is 5.76 Å². The highest BCUT2D eigenvalue weighted by molar-refractivity contribution is 6.46. The van der Waals surface area contributed by atoms with Crippen molar-refractivity contribution in [2.24, 2.45) is 0 Å². The molecular formula is C28H26N2O6. The zero-order valence-corrected chi connectivity index (χ0v) is 20.0. The molecule has 0 bridgehead atoms. The zero-order valence-electron chi connectivity index (χ0n) is 20.0. The number of carbonyl (C=O) groups excluding carboxylic acids is 2. The summed E-state index contributed by atoms with van der Waals surface area (Å²) in [5, 5.41) is 11.3. The van der Waals surface area contributed by atoms with E-state index in [9.17, 15) is 14.7 Å². The fourth-order valence-electron chi connectivity index (χ4n) is 4.13. The Morgan fingerprint density at radius 3 is 2.47 bits per heavy atom. The van der Waals surface area contributed by atoms with Crippen molar-refractivity contribution in [3.8, 4) is 17.2 Å². The molecule has 184 valence electrons. The summed E-state index contributed by atoms with van der Waals surface area (Å²) in [6.07, 6.45) is 4.88. The van der Waals surface area contributed by atoms with E-state index in [1.54, 1.807) is 67.0 Å². The second-order valence-electron chi connectivity index (χ2n) is 8.02. The number of amides is 1. The number of ketones is 1. The second-order valence-corrected chi connectivity index (χ2v) is 8.02. The normalized spacial score (nSPS) is 16.6. The predicted octanol–water partition coefficient (Wildman–Crippen LogP) is 4.29. The fourth-order valence-corrected chi connectivity index (χ4v) is 4.13. The van der Waals surface area contributed by atoms with Gasteiger partial charge in [0.05, 0.1) is 25.8 Å². The molecule has 1 aliphatic heterocycles. The van der Waals surface area contributed by atoms with Crippen LogP contribution in [0.15, 0.2) is 85.2 Å². The zero-order chi connectivity index (χ0) is 25.7. The van der Waals surface area contributed by atoms with Crippen molar-refractivity contribution < 1.29 is 28.9 Å². The van der Waals surface area contributed by atoms with Gasteiger partial charge in [0.25, 0.3) is 11.7 Å². The molecule has 36 heavy (non-hydrogen) atoms. The quantitative estimate of drug-likeness (QED) is 0.209. The Labute approximate surface area is 209 Å². The monoisotopic (exact) mass is 486 g/mol. The van der Waals surface area contributed by atoms with Crippen LogP contribution >= 0.6 is 0 Å². The number of nitrogens with zero attached hydrogens (tertiary/aromatic N) is 2. The lowest BCUT2D eigenvalue weighted by molar-refractivity contribution is -0.140. The number of Topliss-reactive ketones (excluding diaryl/α,β-unsaturated/α-hetero) is 1. The lowest BCUT2D eigenvalue weighted by atomic mass is 9.94. The van der Waals surface area contributed by atoms with Gasteiger partial charge in [-0.2, -0.15) is 0 Å². The minimum Gasteiger partial charge on any atom is -0.507 e. The molecule has 8 nitrogen and oxygen atoms in total. The Balaban J connectivity index is 1.87. The molecule has 2 heterocycles. The molecule has 2 aromatic carbocycles. The van der Waals surface area contributed by atoms with E-state index in [0.717, 1.165) is 5.56 Å². The van der Waals surface area contributed by atoms with Gasteiger partial charge in [0.1, 0.15) is 29.6 Å². The number of pyridine rings is 1. The fraction of sp³-hybridized carbons (Fsp3) is 0.179. The van der Waals surface area contributed by atoms with Gasteiger partial charge in [0.15, 0.2) is 0 Å². The van der Waals surface area contributed by atoms with E-state index in [4.69, 9.17) is 14.2 Å². The summed E-state index contributed by atoms with van der Waals surface area (Å²) in [6, 6.07) is 14.4. The molecular weight excluding hydrogens is 460 g/mol. The number of rotatable bonds is 9. The number of ether oxygens (including phenoxy) is 3. The Bertz CT molecular complexity index is 1300. The molecule has 1 saturated heterocycles. The van der Waals surface area contributed by atoms with Crippen LogP contribution in [-0.4, -0.2) is 47.5 Å². The maximum atomic E-state index is 13.3. The van der Waals surface area contributed by atoms with Crippen molar-refractivity contribution in [2.75, 3.05) is 20.8 Å². The number of aromatic nitrogens is 1. The first kappa shape index (κ1) is 24.5. The van der Waals surface area contributed by atoms with Gasteiger partial charge in [0.2, 0.25) is 0 Å². The molecule has 0 radical (unpaired) electrons. The van der Waals surface area contributed by atoms with E-state index in [2.05, 4.69) is 11.6 Å². The molecule has 1 fully saturated rings. The third kappa shape index (κ3) is 4.79. The van der Waals surface area contributed by atoms with Crippen LogP contribution in [0.3, 0.4) is 0 Å². The first-order valence-corrected chi connectivity index (χ1v) is 11.2. The van der Waals surface area contributed by atoms with Gasteiger partial charge < -0.3 is 24.2 Å². The summed E-state index contributed by atoms with van der Waals surface area (Å²) < 4.78 is 16.5. The molecule has 1 aliphatic rings. The molecule has 0 aliphatic carbocycles.